The van der Waals surface area contributed by atoms with E-state index >= 15 is 0 Å². The molecule has 2 atom stereocenters. The van der Waals surface area contributed by atoms with E-state index in [1.807, 2.05) is 0 Å². The summed E-state index contributed by atoms with van der Waals surface area (Å²) in [6.07, 6.45) is 0. The van der Waals surface area contributed by atoms with E-state index in [0.29, 0.717) is 0 Å². The van der Waals surface area contributed by atoms with E-state index in [-0.39, 0.29) is 0 Å². The van der Waals surface area contributed by atoms with Crippen molar-refractivity contribution in [1.29, 1.82) is 0 Å². The van der Waals surface area contributed by atoms with Crippen molar-refractivity contribution in [2.75, 3.05) is 0 Å². The van der Waals surface area contributed by atoms with Gasteiger partial charge >= 0.3 is 0 Å². The van der Waals surface area contributed by atoms with Crippen molar-refractivity contribution in [2.45, 2.75) is 25.9 Å². The minimum atomic E-state index is -0.784. The van der Waals surface area contributed by atoms with Crippen molar-refractivity contribution < 1.29 is 14.8 Å². The number of amides is 2. The molecule has 70 valence electrons. The molecule has 0 aromatic carbocycles. The Bertz CT molecular complexity index is 181. The summed E-state index contributed by atoms with van der Waals surface area (Å²) in [6.45, 7) is 2.94. The average Bonchev–Trinajstić information content (AvgIpc) is 2.02. The molecule has 0 radical (unpaired) electrons. The molecule has 0 fully saturated rings. The van der Waals surface area contributed by atoms with E-state index < -0.39 is 23.9 Å². The fraction of sp³-hybridized carbons (Fsp3) is 0.667. The topological polar surface area (TPSA) is 104 Å². The van der Waals surface area contributed by atoms with E-state index in [9.17, 15) is 9.59 Å². The van der Waals surface area contributed by atoms with Gasteiger partial charge in [-0.2, -0.15) is 0 Å². The third-order valence-corrected chi connectivity index (χ3v) is 1.28. The Morgan fingerprint density at radius 3 is 2.17 bits per heavy atom. The molecule has 1 unspecified atom stereocenters. The lowest BCUT2D eigenvalue weighted by Gasteiger charge is -2.12. The van der Waals surface area contributed by atoms with Crippen LogP contribution < -0.4 is 16.5 Å². The van der Waals surface area contributed by atoms with Gasteiger partial charge in [-0.1, -0.05) is 0 Å². The first kappa shape index (κ1) is 10.9. The lowest BCUT2D eigenvalue weighted by atomic mass is 10.2. The molecule has 12 heavy (non-hydrogen) atoms. The van der Waals surface area contributed by atoms with E-state index in [0.717, 1.165) is 0 Å². The summed E-state index contributed by atoms with van der Waals surface area (Å²) in [5.41, 5.74) is 6.63. The molecule has 5 N–H and O–H groups in total. The molecule has 0 aliphatic heterocycles. The van der Waals surface area contributed by atoms with Gasteiger partial charge in [-0.3, -0.25) is 14.8 Å². The number of hydroxylamine groups is 1. The Balaban J connectivity index is 3.92. The Morgan fingerprint density at radius 1 is 1.33 bits per heavy atom. The summed E-state index contributed by atoms with van der Waals surface area (Å²) in [6, 6.07) is -1.45. The molecule has 0 aliphatic rings. The first-order valence-corrected chi connectivity index (χ1v) is 3.49. The Morgan fingerprint density at radius 2 is 1.83 bits per heavy atom. The molecule has 0 saturated carbocycles. The summed E-state index contributed by atoms with van der Waals surface area (Å²) in [4.78, 5) is 21.5. The van der Waals surface area contributed by atoms with Gasteiger partial charge in [0.05, 0.1) is 6.04 Å². The minimum Gasteiger partial charge on any atom is -0.343 e. The van der Waals surface area contributed by atoms with Crippen LogP contribution in [0.15, 0.2) is 0 Å². The Kier molecular flexibility index (Phi) is 4.24. The highest BCUT2D eigenvalue weighted by Gasteiger charge is 2.16. The van der Waals surface area contributed by atoms with Gasteiger partial charge in [-0.25, -0.2) is 5.48 Å². The second-order valence-corrected chi connectivity index (χ2v) is 2.50. The first-order chi connectivity index (χ1) is 5.49. The van der Waals surface area contributed by atoms with E-state index in [4.69, 9.17) is 10.9 Å². The van der Waals surface area contributed by atoms with Gasteiger partial charge in [0.25, 0.3) is 5.91 Å². The lowest BCUT2D eigenvalue weighted by molar-refractivity contribution is -0.134. The van der Waals surface area contributed by atoms with Gasteiger partial charge in [-0.05, 0) is 13.8 Å². The maximum Gasteiger partial charge on any atom is 0.265 e. The zero-order valence-corrected chi connectivity index (χ0v) is 7.00. The zero-order valence-electron chi connectivity index (χ0n) is 7.00. The second kappa shape index (κ2) is 4.68. The van der Waals surface area contributed by atoms with Crippen LogP contribution in [-0.4, -0.2) is 29.1 Å². The summed E-state index contributed by atoms with van der Waals surface area (Å²) < 4.78 is 0. The molecule has 0 spiro atoms. The molecule has 0 aromatic heterocycles. The van der Waals surface area contributed by atoms with Crippen LogP contribution in [0, 0.1) is 0 Å². The van der Waals surface area contributed by atoms with Crippen molar-refractivity contribution in [3.05, 3.63) is 0 Å². The van der Waals surface area contributed by atoms with Gasteiger partial charge in [-0.15, -0.1) is 0 Å². The molecular weight excluding hydrogens is 162 g/mol. The molecule has 0 aliphatic carbocycles. The first-order valence-electron chi connectivity index (χ1n) is 3.49. The van der Waals surface area contributed by atoms with E-state index in [1.54, 1.807) is 0 Å². The highest BCUT2D eigenvalue weighted by Crippen LogP contribution is 1.83. The Hall–Kier alpha value is -1.14. The van der Waals surface area contributed by atoms with Gasteiger partial charge in [0, 0.05) is 0 Å². The summed E-state index contributed by atoms with van der Waals surface area (Å²) in [7, 11) is 0. The van der Waals surface area contributed by atoms with Crippen molar-refractivity contribution >= 4 is 11.8 Å². The number of hydrogen-bond donors (Lipinski definition) is 4. The maximum absolute atomic E-state index is 10.9. The van der Waals surface area contributed by atoms with Crippen molar-refractivity contribution in [3.63, 3.8) is 0 Å². The number of nitrogens with two attached hydrogens (primary N) is 1. The molecule has 0 bridgehead atoms. The van der Waals surface area contributed by atoms with Crippen LogP contribution in [0.5, 0.6) is 0 Å². The zero-order chi connectivity index (χ0) is 9.72. The van der Waals surface area contributed by atoms with E-state index in [2.05, 4.69) is 5.32 Å². The minimum absolute atomic E-state index is 0.439. The molecular formula is C6H13N3O3. The average molecular weight is 175 g/mol. The molecule has 0 aromatic rings. The van der Waals surface area contributed by atoms with Crippen molar-refractivity contribution in [1.82, 2.24) is 10.8 Å². The van der Waals surface area contributed by atoms with Crippen molar-refractivity contribution in [2.24, 2.45) is 5.73 Å². The predicted molar refractivity (Wildman–Crippen MR) is 41.2 cm³/mol. The fourth-order valence-electron chi connectivity index (χ4n) is 0.507. The molecule has 6 nitrogen and oxygen atoms in total. The molecule has 2 amide bonds. The van der Waals surface area contributed by atoms with Gasteiger partial charge < -0.3 is 11.1 Å². The predicted octanol–water partition coefficient (Wildman–Crippen LogP) is -1.66. The largest absolute Gasteiger partial charge is 0.343 e. The highest BCUT2D eigenvalue weighted by molar-refractivity contribution is 5.88. The Labute approximate surface area is 70.1 Å². The van der Waals surface area contributed by atoms with E-state index in [1.165, 1.54) is 19.3 Å². The van der Waals surface area contributed by atoms with Crippen LogP contribution in [0.1, 0.15) is 13.8 Å². The summed E-state index contributed by atoms with van der Waals surface area (Å²) in [5.74, 6) is -1.12. The third-order valence-electron chi connectivity index (χ3n) is 1.28. The summed E-state index contributed by atoms with van der Waals surface area (Å²) in [5, 5.41) is 10.5. The van der Waals surface area contributed by atoms with Crippen LogP contribution >= 0.6 is 0 Å². The van der Waals surface area contributed by atoms with Crippen LogP contribution in [0.25, 0.3) is 0 Å². The molecule has 0 saturated heterocycles. The van der Waals surface area contributed by atoms with Crippen molar-refractivity contribution in [3.8, 4) is 0 Å². The number of hydrogen-bond acceptors (Lipinski definition) is 4. The second-order valence-electron chi connectivity index (χ2n) is 2.50. The molecule has 0 heterocycles. The summed E-state index contributed by atoms with van der Waals surface area (Å²) >= 11 is 0. The maximum atomic E-state index is 10.9. The third kappa shape index (κ3) is 3.31. The van der Waals surface area contributed by atoms with Crippen LogP contribution in [0.2, 0.25) is 0 Å². The fourth-order valence-corrected chi connectivity index (χ4v) is 0.507. The number of rotatable bonds is 3. The van der Waals surface area contributed by atoms with Crippen LogP contribution in [-0.2, 0) is 9.59 Å². The normalized spacial score (nSPS) is 14.7. The highest BCUT2D eigenvalue weighted by atomic mass is 16.5. The van der Waals surface area contributed by atoms with Gasteiger partial charge in [0.1, 0.15) is 6.04 Å². The monoisotopic (exact) mass is 175 g/mol. The number of carbonyl (C=O) groups excluding carboxylic acids is 2. The lowest BCUT2D eigenvalue weighted by Crippen LogP contribution is -2.48. The van der Waals surface area contributed by atoms with Gasteiger partial charge in [0.15, 0.2) is 0 Å². The molecule has 6 heteroatoms. The van der Waals surface area contributed by atoms with Gasteiger partial charge in [0.2, 0.25) is 5.91 Å². The van der Waals surface area contributed by atoms with Crippen LogP contribution in [0.4, 0.5) is 0 Å². The number of carbonyl (C=O) groups is 2. The quantitative estimate of drug-likeness (QED) is 0.304. The molecule has 0 rings (SSSR count). The smallest absolute Gasteiger partial charge is 0.265 e. The standard InChI is InChI=1S/C6H13N3O3/c1-3(7)5(10)8-4(2)6(11)9-12/h3-4,12H,7H2,1-2H3,(H,8,10)(H,9,11)/t3-,4?/m1/s1. The SMILES string of the molecule is CC(NC(=O)[C@@H](C)N)C(=O)NO. The van der Waals surface area contributed by atoms with Crippen LogP contribution in [0.3, 0.4) is 0 Å². The number of nitrogens with one attached hydrogen (secondary N) is 2.